The lowest BCUT2D eigenvalue weighted by Gasteiger charge is -2.35. The van der Waals surface area contributed by atoms with E-state index >= 15 is 0 Å². The zero-order chi connectivity index (χ0) is 19.0. The number of hydrogen-bond donors (Lipinski definition) is 4. The Balaban J connectivity index is 1.92. The number of aliphatic hydroxyl groups is 3. The number of rotatable bonds is 4. The number of phenolic OH excluding ortho intramolecular Hbond substituents is 1. The summed E-state index contributed by atoms with van der Waals surface area (Å²) in [7, 11) is 0. The highest BCUT2D eigenvalue weighted by Crippen LogP contribution is 2.40. The van der Waals surface area contributed by atoms with E-state index < -0.39 is 24.2 Å². The Morgan fingerprint density at radius 3 is 2.77 bits per heavy atom. The number of fused-ring (bicyclic) bond motifs is 1. The molecule has 1 aromatic rings. The number of benzene rings is 1. The predicted molar refractivity (Wildman–Crippen MR) is 94.5 cm³/mol. The molecule has 1 heterocycles. The Labute approximate surface area is 151 Å². The third kappa shape index (κ3) is 3.25. The van der Waals surface area contributed by atoms with Crippen LogP contribution in [0.25, 0.3) is 0 Å². The first-order valence-electron chi connectivity index (χ1n) is 8.45. The summed E-state index contributed by atoms with van der Waals surface area (Å²) in [6.45, 7) is 5.32. The van der Waals surface area contributed by atoms with Crippen LogP contribution in [-0.4, -0.2) is 38.4 Å². The summed E-state index contributed by atoms with van der Waals surface area (Å²) in [5.74, 6) is -1.26. The van der Waals surface area contributed by atoms with Crippen LogP contribution in [0.2, 0.25) is 0 Å². The van der Waals surface area contributed by atoms with E-state index in [4.69, 9.17) is 4.74 Å². The second kappa shape index (κ2) is 6.97. The number of allylic oxidation sites excluding steroid dienone is 1. The third-order valence-corrected chi connectivity index (χ3v) is 4.96. The largest absolute Gasteiger partial charge is 0.508 e. The molecule has 0 amide bonds. The van der Waals surface area contributed by atoms with Crippen molar-refractivity contribution in [3.05, 3.63) is 65.7 Å². The number of carbonyl (C=O) groups is 1. The van der Waals surface area contributed by atoms with Crippen LogP contribution in [0.4, 0.5) is 0 Å². The van der Waals surface area contributed by atoms with Crippen LogP contribution in [0.15, 0.2) is 54.5 Å². The molecule has 1 fully saturated rings. The van der Waals surface area contributed by atoms with E-state index in [1.807, 2.05) is 0 Å². The summed E-state index contributed by atoms with van der Waals surface area (Å²) in [6.07, 6.45) is 1.48. The molecule has 1 saturated heterocycles. The quantitative estimate of drug-likeness (QED) is 0.616. The van der Waals surface area contributed by atoms with Gasteiger partial charge in [-0.25, -0.2) is 0 Å². The third-order valence-electron chi connectivity index (χ3n) is 4.96. The van der Waals surface area contributed by atoms with E-state index in [1.54, 1.807) is 19.1 Å². The molecule has 2 aliphatic rings. The van der Waals surface area contributed by atoms with Crippen LogP contribution in [0.3, 0.4) is 0 Å². The number of Topliss-reactive ketones (excluding diaryl/α,β-unsaturated/α-hetero) is 1. The first kappa shape index (κ1) is 18.2. The number of ketones is 1. The lowest BCUT2D eigenvalue weighted by atomic mass is 9.83. The molecule has 0 aromatic heterocycles. The van der Waals surface area contributed by atoms with Gasteiger partial charge in [-0.05, 0) is 29.3 Å². The van der Waals surface area contributed by atoms with E-state index in [0.717, 1.165) is 0 Å². The summed E-state index contributed by atoms with van der Waals surface area (Å²) in [5.41, 5.74) is 1.19. The Morgan fingerprint density at radius 2 is 2.08 bits per heavy atom. The Kier molecular flexibility index (Phi) is 4.89. The molecule has 26 heavy (non-hydrogen) atoms. The highest BCUT2D eigenvalue weighted by atomic mass is 16.5. The van der Waals surface area contributed by atoms with Crippen molar-refractivity contribution in [1.82, 2.24) is 0 Å². The molecule has 1 aromatic carbocycles. The zero-order valence-corrected chi connectivity index (χ0v) is 14.4. The normalized spacial score (nSPS) is 27.5. The molecule has 0 saturated carbocycles. The van der Waals surface area contributed by atoms with Gasteiger partial charge in [-0.2, -0.15) is 0 Å². The minimum atomic E-state index is -1.11. The van der Waals surface area contributed by atoms with Crippen molar-refractivity contribution in [3.8, 4) is 5.75 Å². The SMILES string of the molecule is C=CC(O)C(C)c1cc([C@@H]2CC(=O)C3C(=CC(O)=CC3O)O2)ccc1O. The number of aliphatic hydroxyl groups excluding tert-OH is 3. The highest BCUT2D eigenvalue weighted by molar-refractivity contribution is 5.86. The van der Waals surface area contributed by atoms with Gasteiger partial charge in [0.2, 0.25) is 0 Å². The molecule has 5 atom stereocenters. The fourth-order valence-electron chi connectivity index (χ4n) is 3.41. The first-order valence-corrected chi connectivity index (χ1v) is 8.45. The van der Waals surface area contributed by atoms with Crippen molar-refractivity contribution in [2.45, 2.75) is 37.6 Å². The van der Waals surface area contributed by atoms with Gasteiger partial charge >= 0.3 is 0 Å². The number of hydrogen-bond acceptors (Lipinski definition) is 6. The van der Waals surface area contributed by atoms with Gasteiger partial charge < -0.3 is 25.2 Å². The van der Waals surface area contributed by atoms with Crippen molar-refractivity contribution in [3.63, 3.8) is 0 Å². The first-order chi connectivity index (χ1) is 12.3. The van der Waals surface area contributed by atoms with Crippen molar-refractivity contribution in [2.24, 2.45) is 5.92 Å². The van der Waals surface area contributed by atoms with Crippen LogP contribution in [-0.2, 0) is 9.53 Å². The van der Waals surface area contributed by atoms with Crippen molar-refractivity contribution in [1.29, 1.82) is 0 Å². The maximum absolute atomic E-state index is 12.5. The Morgan fingerprint density at radius 1 is 1.35 bits per heavy atom. The van der Waals surface area contributed by atoms with E-state index in [0.29, 0.717) is 11.1 Å². The van der Waals surface area contributed by atoms with Gasteiger partial charge in [0.15, 0.2) is 5.78 Å². The maximum Gasteiger partial charge on any atom is 0.150 e. The number of ether oxygens (including phenoxy) is 1. The molecule has 6 nitrogen and oxygen atoms in total. The van der Waals surface area contributed by atoms with Crippen molar-refractivity contribution in [2.75, 3.05) is 0 Å². The smallest absolute Gasteiger partial charge is 0.150 e. The number of phenols is 1. The van der Waals surface area contributed by atoms with Crippen LogP contribution in [0.1, 0.15) is 36.5 Å². The molecular weight excluding hydrogens is 336 g/mol. The number of aromatic hydroxyl groups is 1. The fourth-order valence-corrected chi connectivity index (χ4v) is 3.41. The summed E-state index contributed by atoms with van der Waals surface area (Å²) < 4.78 is 5.86. The van der Waals surface area contributed by atoms with E-state index in [9.17, 15) is 25.2 Å². The summed E-state index contributed by atoms with van der Waals surface area (Å²) in [5, 5.41) is 39.8. The minimum Gasteiger partial charge on any atom is -0.508 e. The summed E-state index contributed by atoms with van der Waals surface area (Å²) in [4.78, 5) is 12.5. The van der Waals surface area contributed by atoms with E-state index in [2.05, 4.69) is 6.58 Å². The second-order valence-corrected chi connectivity index (χ2v) is 6.72. The van der Waals surface area contributed by atoms with Gasteiger partial charge in [0.1, 0.15) is 29.3 Å². The van der Waals surface area contributed by atoms with Gasteiger partial charge in [0.05, 0.1) is 12.2 Å². The molecule has 1 aliphatic carbocycles. The lowest BCUT2D eigenvalue weighted by molar-refractivity contribution is -0.133. The van der Waals surface area contributed by atoms with Crippen LogP contribution < -0.4 is 0 Å². The average Bonchev–Trinajstić information content (AvgIpc) is 2.59. The molecule has 1 aliphatic heterocycles. The molecule has 3 rings (SSSR count). The fraction of sp³-hybridized carbons (Fsp3) is 0.350. The molecule has 0 radical (unpaired) electrons. The monoisotopic (exact) mass is 358 g/mol. The maximum atomic E-state index is 12.5. The Hall–Kier alpha value is -2.57. The van der Waals surface area contributed by atoms with Crippen LogP contribution in [0.5, 0.6) is 5.75 Å². The van der Waals surface area contributed by atoms with Gasteiger partial charge in [0.25, 0.3) is 0 Å². The van der Waals surface area contributed by atoms with E-state index in [1.165, 1.54) is 24.3 Å². The summed E-state index contributed by atoms with van der Waals surface area (Å²) in [6, 6.07) is 4.85. The molecule has 4 N–H and O–H groups in total. The summed E-state index contributed by atoms with van der Waals surface area (Å²) >= 11 is 0. The lowest BCUT2D eigenvalue weighted by Crippen LogP contribution is -2.37. The zero-order valence-electron chi connectivity index (χ0n) is 14.4. The minimum absolute atomic E-state index is 0.0371. The highest BCUT2D eigenvalue weighted by Gasteiger charge is 2.40. The van der Waals surface area contributed by atoms with Gasteiger partial charge in [-0.1, -0.05) is 19.1 Å². The standard InChI is InChI=1S/C20H22O6/c1-3-14(22)10(2)13-6-11(4-5-15(13)23)18-9-17(25)20-16(24)7-12(21)8-19(20)26-18/h3-8,10,14,16,18,20-24H,1,9H2,2H3/t10?,14?,16?,18-,20?/m0/s1. The second-order valence-electron chi connectivity index (χ2n) is 6.72. The predicted octanol–water partition coefficient (Wildman–Crippen LogP) is 2.39. The van der Waals surface area contributed by atoms with Crippen molar-refractivity contribution >= 4 is 5.78 Å². The van der Waals surface area contributed by atoms with E-state index in [-0.39, 0.29) is 35.4 Å². The van der Waals surface area contributed by atoms with Gasteiger partial charge in [-0.15, -0.1) is 6.58 Å². The van der Waals surface area contributed by atoms with Crippen LogP contribution >= 0.6 is 0 Å². The van der Waals surface area contributed by atoms with Gasteiger partial charge in [-0.3, -0.25) is 4.79 Å². The van der Waals surface area contributed by atoms with Gasteiger partial charge in [0, 0.05) is 18.4 Å². The molecule has 6 heteroatoms. The average molecular weight is 358 g/mol. The molecule has 0 bridgehead atoms. The topological polar surface area (TPSA) is 107 Å². The molecule has 138 valence electrons. The van der Waals surface area contributed by atoms with Crippen molar-refractivity contribution < 1.29 is 30.0 Å². The Bertz CT molecular complexity index is 793. The molecular formula is C20H22O6. The van der Waals surface area contributed by atoms with Crippen LogP contribution in [0, 0.1) is 5.92 Å². The number of carbonyl (C=O) groups excluding carboxylic acids is 1. The molecule has 0 spiro atoms. The molecule has 4 unspecified atom stereocenters.